The van der Waals surface area contributed by atoms with Crippen LogP contribution < -0.4 is 16.0 Å². The van der Waals surface area contributed by atoms with E-state index < -0.39 is 67.2 Å². The molecule has 3 atom stereocenters. The van der Waals surface area contributed by atoms with Gasteiger partial charge in [0.05, 0.1) is 14.9 Å². The Labute approximate surface area is 265 Å². The molecule has 15 heteroatoms. The van der Waals surface area contributed by atoms with E-state index in [9.17, 15) is 42.8 Å². The number of phenolic OH excluding ortho intramolecular Hbond substituents is 1. The molecule has 1 rings (SSSR count). The number of sulfone groups is 1. The Morgan fingerprint density at radius 2 is 1.35 bits per heavy atom. The SMILES string of the molecule is C=CS(=O)(=O)C(=O)[C@H](CC(C)C)NC(=O)[C@H](CC(C)C)NC(=O)[C@H](CC(C)C)NC(=O)Cc1cc(I)c(O)c([N+](=O)[O-])c1. The van der Waals surface area contributed by atoms with Crippen molar-refractivity contribution in [3.63, 3.8) is 0 Å². The van der Waals surface area contributed by atoms with Gasteiger partial charge in [0.2, 0.25) is 33.3 Å². The van der Waals surface area contributed by atoms with Crippen LogP contribution in [0.1, 0.15) is 66.4 Å². The van der Waals surface area contributed by atoms with Gasteiger partial charge >= 0.3 is 5.69 Å². The third kappa shape index (κ3) is 12.2. The van der Waals surface area contributed by atoms with Gasteiger partial charge in [0.15, 0.2) is 0 Å². The number of phenols is 1. The van der Waals surface area contributed by atoms with Gasteiger partial charge in [-0.25, -0.2) is 8.42 Å². The van der Waals surface area contributed by atoms with E-state index in [-0.39, 0.29) is 52.6 Å². The maximum absolute atomic E-state index is 13.4. The van der Waals surface area contributed by atoms with E-state index in [0.717, 1.165) is 6.07 Å². The van der Waals surface area contributed by atoms with Crippen LogP contribution in [-0.2, 0) is 35.4 Å². The number of nitrogens with one attached hydrogen (secondary N) is 3. The molecule has 0 radical (unpaired) electrons. The van der Waals surface area contributed by atoms with Crippen LogP contribution in [0.5, 0.6) is 5.75 Å². The second kappa shape index (κ2) is 16.7. The van der Waals surface area contributed by atoms with Gasteiger partial charge in [-0.15, -0.1) is 0 Å². The van der Waals surface area contributed by atoms with Crippen molar-refractivity contribution < 1.29 is 37.6 Å². The molecule has 0 fully saturated rings. The Morgan fingerprint density at radius 3 is 1.79 bits per heavy atom. The van der Waals surface area contributed by atoms with Crippen molar-refractivity contribution in [3.8, 4) is 5.75 Å². The second-order valence-electron chi connectivity index (χ2n) is 11.5. The van der Waals surface area contributed by atoms with Crippen LogP contribution >= 0.6 is 22.6 Å². The van der Waals surface area contributed by atoms with Gasteiger partial charge in [-0.2, -0.15) is 0 Å². The summed E-state index contributed by atoms with van der Waals surface area (Å²) in [6.07, 6.45) is 0.0886. The molecule has 0 aliphatic carbocycles. The van der Waals surface area contributed by atoms with Crippen molar-refractivity contribution >= 4 is 61.0 Å². The molecule has 0 saturated carbocycles. The number of carbonyl (C=O) groups is 4. The summed E-state index contributed by atoms with van der Waals surface area (Å²) in [7, 11) is -4.32. The van der Waals surface area contributed by atoms with Crippen LogP contribution in [0.15, 0.2) is 24.1 Å². The van der Waals surface area contributed by atoms with E-state index in [4.69, 9.17) is 0 Å². The first-order valence-electron chi connectivity index (χ1n) is 13.8. The van der Waals surface area contributed by atoms with Crippen molar-refractivity contribution in [1.29, 1.82) is 0 Å². The lowest BCUT2D eigenvalue weighted by Crippen LogP contribution is -2.56. The van der Waals surface area contributed by atoms with Gasteiger partial charge in [-0.05, 0) is 71.2 Å². The zero-order valence-electron chi connectivity index (χ0n) is 25.2. The van der Waals surface area contributed by atoms with Gasteiger partial charge in [0.25, 0.3) is 5.12 Å². The molecular formula is C28H41IN4O9S. The Bertz CT molecular complexity index is 1330. The summed E-state index contributed by atoms with van der Waals surface area (Å²) in [4.78, 5) is 62.8. The quantitative estimate of drug-likeness (QED) is 0.112. The standard InChI is InChI=1S/C28H41IN4O9S/c1-8-43(41,42)28(38)22(11-17(6)7)32-27(37)21(10-16(4)5)31-26(36)20(9-15(2)3)30-24(34)14-18-12-19(29)25(35)23(13-18)33(39)40/h8,12-13,15-17,20-22,35H,1,9-11,14H2,2-7H3,(H,30,34)(H,31,36)(H,32,37)/t20-,21-,22-/m0/s1. The minimum absolute atomic E-state index is 0.0420. The summed E-state index contributed by atoms with van der Waals surface area (Å²) in [5, 5.41) is 28.3. The molecule has 0 heterocycles. The molecule has 1 aromatic rings. The Kier molecular flexibility index (Phi) is 14.7. The predicted octanol–water partition coefficient (Wildman–Crippen LogP) is 3.13. The van der Waals surface area contributed by atoms with E-state index in [1.54, 1.807) is 36.4 Å². The van der Waals surface area contributed by atoms with Gasteiger partial charge in [-0.3, -0.25) is 29.3 Å². The summed E-state index contributed by atoms with van der Waals surface area (Å²) < 4.78 is 24.5. The van der Waals surface area contributed by atoms with Crippen LogP contribution in [0.4, 0.5) is 5.69 Å². The zero-order valence-corrected chi connectivity index (χ0v) is 28.2. The number of carbonyl (C=O) groups excluding carboxylic acids is 4. The third-order valence-corrected chi connectivity index (χ3v) is 8.28. The highest BCUT2D eigenvalue weighted by molar-refractivity contribution is 14.1. The molecule has 240 valence electrons. The smallest absolute Gasteiger partial charge is 0.312 e. The lowest BCUT2D eigenvalue weighted by molar-refractivity contribution is -0.386. The van der Waals surface area contributed by atoms with Crippen molar-refractivity contribution in [3.05, 3.63) is 43.4 Å². The lowest BCUT2D eigenvalue weighted by atomic mass is 9.99. The first-order valence-corrected chi connectivity index (χ1v) is 16.4. The summed E-state index contributed by atoms with van der Waals surface area (Å²) in [6, 6.07) is -1.07. The van der Waals surface area contributed by atoms with Crippen LogP contribution in [-0.4, -0.2) is 59.4 Å². The number of rotatable bonds is 16. The van der Waals surface area contributed by atoms with E-state index in [1.165, 1.54) is 6.07 Å². The maximum atomic E-state index is 13.4. The molecule has 0 aliphatic rings. The number of nitro groups is 1. The number of benzene rings is 1. The average molecular weight is 737 g/mol. The molecule has 0 bridgehead atoms. The van der Waals surface area contributed by atoms with E-state index in [0.29, 0.717) is 5.41 Å². The van der Waals surface area contributed by atoms with Crippen molar-refractivity contribution in [2.75, 3.05) is 0 Å². The molecule has 0 spiro atoms. The fourth-order valence-corrected chi connectivity index (χ4v) is 5.62. The highest BCUT2D eigenvalue weighted by Crippen LogP contribution is 2.32. The molecule has 3 amide bonds. The highest BCUT2D eigenvalue weighted by atomic mass is 127. The fourth-order valence-electron chi connectivity index (χ4n) is 4.23. The number of hydrogen-bond acceptors (Lipinski definition) is 9. The molecule has 13 nitrogen and oxygen atoms in total. The van der Waals surface area contributed by atoms with Crippen LogP contribution in [0.25, 0.3) is 0 Å². The van der Waals surface area contributed by atoms with Crippen molar-refractivity contribution in [2.24, 2.45) is 17.8 Å². The molecule has 1 aromatic carbocycles. The number of amides is 3. The first kappa shape index (κ1) is 37.9. The summed E-state index contributed by atoms with van der Waals surface area (Å²) in [5.41, 5.74) is -0.300. The van der Waals surface area contributed by atoms with Gasteiger partial charge in [-0.1, -0.05) is 48.1 Å². The largest absolute Gasteiger partial charge is 0.501 e. The number of aromatic hydroxyl groups is 1. The van der Waals surface area contributed by atoms with E-state index in [1.807, 2.05) is 27.7 Å². The number of nitro benzene ring substituents is 1. The van der Waals surface area contributed by atoms with Crippen LogP contribution in [0.3, 0.4) is 0 Å². The van der Waals surface area contributed by atoms with E-state index >= 15 is 0 Å². The first-order chi connectivity index (χ1) is 19.8. The fraction of sp³-hybridized carbons (Fsp3) is 0.571. The van der Waals surface area contributed by atoms with E-state index in [2.05, 4.69) is 22.5 Å². The minimum Gasteiger partial charge on any atom is -0.501 e. The molecule has 0 unspecified atom stereocenters. The molecule has 43 heavy (non-hydrogen) atoms. The topological polar surface area (TPSA) is 202 Å². The Hall–Kier alpha value is -3.08. The molecule has 4 N–H and O–H groups in total. The Balaban J connectivity index is 3.20. The summed E-state index contributed by atoms with van der Waals surface area (Å²) in [5.74, 6) is -2.82. The normalized spacial score (nSPS) is 13.7. The zero-order chi connectivity index (χ0) is 33.2. The number of nitrogens with zero attached hydrogens (tertiary/aromatic N) is 1. The third-order valence-electron chi connectivity index (χ3n) is 6.17. The highest BCUT2D eigenvalue weighted by Gasteiger charge is 2.34. The molecule has 0 saturated heterocycles. The van der Waals surface area contributed by atoms with Crippen molar-refractivity contribution in [1.82, 2.24) is 16.0 Å². The molecule has 0 aromatic heterocycles. The maximum Gasteiger partial charge on any atom is 0.312 e. The number of halogens is 1. The van der Waals surface area contributed by atoms with Crippen LogP contribution in [0.2, 0.25) is 0 Å². The van der Waals surface area contributed by atoms with Gasteiger partial charge in [0.1, 0.15) is 18.1 Å². The summed E-state index contributed by atoms with van der Waals surface area (Å²) >= 11 is 1.71. The minimum atomic E-state index is -4.32. The predicted molar refractivity (Wildman–Crippen MR) is 169 cm³/mol. The van der Waals surface area contributed by atoms with Crippen LogP contribution in [0, 0.1) is 31.4 Å². The Morgan fingerprint density at radius 1 is 0.907 bits per heavy atom. The summed E-state index contributed by atoms with van der Waals surface area (Å²) in [6.45, 7) is 14.0. The average Bonchev–Trinajstić information content (AvgIpc) is 2.87. The van der Waals surface area contributed by atoms with Crippen molar-refractivity contribution in [2.45, 2.75) is 85.4 Å². The molecular weight excluding hydrogens is 695 g/mol. The van der Waals surface area contributed by atoms with Gasteiger partial charge < -0.3 is 21.1 Å². The lowest BCUT2D eigenvalue weighted by Gasteiger charge is -2.27. The number of hydrogen-bond donors (Lipinski definition) is 4. The second-order valence-corrected chi connectivity index (χ2v) is 14.5. The monoisotopic (exact) mass is 736 g/mol. The molecule has 0 aliphatic heterocycles. The van der Waals surface area contributed by atoms with Gasteiger partial charge in [0, 0.05) is 11.5 Å².